The van der Waals surface area contributed by atoms with Crippen LogP contribution in [0.4, 0.5) is 0 Å². The van der Waals surface area contributed by atoms with Crippen LogP contribution < -0.4 is 0 Å². The van der Waals surface area contributed by atoms with Gasteiger partial charge in [0.25, 0.3) is 0 Å². The molecule has 0 bridgehead atoms. The Kier molecular flexibility index (Phi) is 4.58. The van der Waals surface area contributed by atoms with Crippen LogP contribution in [-0.2, 0) is 14.3 Å². The lowest BCUT2D eigenvalue weighted by Crippen LogP contribution is -2.44. The maximum Gasteiger partial charge on any atom is 0.303 e. The molecule has 0 saturated carbocycles. The number of hydrogen-bond acceptors (Lipinski definition) is 3. The summed E-state index contributed by atoms with van der Waals surface area (Å²) in [6.07, 6.45) is 7.16. The van der Waals surface area contributed by atoms with Crippen molar-refractivity contribution in [3.8, 4) is 0 Å². The Balaban J connectivity index is 1.82. The number of piperidine rings is 1. The highest BCUT2D eigenvalue weighted by atomic mass is 16.5. The summed E-state index contributed by atoms with van der Waals surface area (Å²) >= 11 is 0. The molecule has 2 aliphatic rings. The predicted octanol–water partition coefficient (Wildman–Crippen LogP) is 1.44. The number of amides is 1. The zero-order valence-electron chi connectivity index (χ0n) is 11.1. The van der Waals surface area contributed by atoms with Gasteiger partial charge in [-0.2, -0.15) is 0 Å². The molecule has 1 fully saturated rings. The van der Waals surface area contributed by atoms with E-state index in [1.165, 1.54) is 0 Å². The number of hydrogen-bond donors (Lipinski definition) is 1. The van der Waals surface area contributed by atoms with E-state index in [1.54, 1.807) is 4.90 Å². The van der Waals surface area contributed by atoms with Crippen molar-refractivity contribution in [3.05, 3.63) is 12.2 Å². The first-order chi connectivity index (χ1) is 9.11. The van der Waals surface area contributed by atoms with Crippen molar-refractivity contribution in [2.45, 2.75) is 32.1 Å². The fourth-order valence-corrected chi connectivity index (χ4v) is 2.75. The number of aliphatic carboxylic acids is 1. The van der Waals surface area contributed by atoms with Crippen LogP contribution in [0.3, 0.4) is 0 Å². The maximum atomic E-state index is 11.9. The zero-order chi connectivity index (χ0) is 13.7. The third-order valence-corrected chi connectivity index (χ3v) is 4.07. The summed E-state index contributed by atoms with van der Waals surface area (Å²) in [4.78, 5) is 24.1. The van der Waals surface area contributed by atoms with E-state index in [2.05, 4.69) is 12.2 Å². The summed E-state index contributed by atoms with van der Waals surface area (Å²) in [5.74, 6) is -0.952. The van der Waals surface area contributed by atoms with Crippen molar-refractivity contribution in [2.24, 2.45) is 5.41 Å². The highest BCUT2D eigenvalue weighted by Gasteiger charge is 2.35. The van der Waals surface area contributed by atoms with Crippen LogP contribution in [-0.4, -0.2) is 48.2 Å². The topological polar surface area (TPSA) is 66.8 Å². The molecule has 106 valence electrons. The number of carboxylic acids is 1. The van der Waals surface area contributed by atoms with E-state index in [-0.39, 0.29) is 24.2 Å². The fourth-order valence-electron chi connectivity index (χ4n) is 2.75. The highest BCUT2D eigenvalue weighted by Crippen LogP contribution is 2.37. The van der Waals surface area contributed by atoms with E-state index in [0.29, 0.717) is 6.61 Å². The van der Waals surface area contributed by atoms with Gasteiger partial charge in [0, 0.05) is 24.9 Å². The molecular formula is C14H21NO4. The average Bonchev–Trinajstić information content (AvgIpc) is 2.63. The van der Waals surface area contributed by atoms with Gasteiger partial charge in [-0.05, 0) is 19.3 Å². The molecule has 1 spiro atoms. The number of nitrogens with zero attached hydrogens (tertiary/aromatic N) is 1. The molecule has 0 aromatic heterocycles. The summed E-state index contributed by atoms with van der Waals surface area (Å²) in [5, 5.41) is 8.60. The Morgan fingerprint density at radius 3 is 2.63 bits per heavy atom. The van der Waals surface area contributed by atoms with Crippen molar-refractivity contribution in [1.82, 2.24) is 4.90 Å². The van der Waals surface area contributed by atoms with Crippen molar-refractivity contribution in [3.63, 3.8) is 0 Å². The van der Waals surface area contributed by atoms with Crippen LogP contribution in [0.25, 0.3) is 0 Å². The minimum atomic E-state index is -0.913. The monoisotopic (exact) mass is 267 g/mol. The minimum Gasteiger partial charge on any atom is -0.481 e. The van der Waals surface area contributed by atoms with E-state index in [1.807, 2.05) is 0 Å². The summed E-state index contributed by atoms with van der Waals surface area (Å²) < 4.78 is 5.59. The quantitative estimate of drug-likeness (QED) is 0.786. The Labute approximate surface area is 113 Å². The van der Waals surface area contributed by atoms with E-state index in [9.17, 15) is 9.59 Å². The molecule has 2 heterocycles. The van der Waals surface area contributed by atoms with Gasteiger partial charge in [0.2, 0.25) is 5.91 Å². The standard InChI is InChI=1S/C14H21NO4/c16-12(3-4-13(17)18)15-8-6-14(7-9-15)5-1-2-10-19-11-14/h1-2H,3-11H2,(H,17,18). The van der Waals surface area contributed by atoms with E-state index in [4.69, 9.17) is 9.84 Å². The van der Waals surface area contributed by atoms with Crippen molar-refractivity contribution >= 4 is 11.9 Å². The van der Waals surface area contributed by atoms with E-state index in [0.717, 1.165) is 39.0 Å². The van der Waals surface area contributed by atoms with Crippen molar-refractivity contribution in [1.29, 1.82) is 0 Å². The van der Waals surface area contributed by atoms with Crippen LogP contribution in [0.1, 0.15) is 32.1 Å². The van der Waals surface area contributed by atoms with Gasteiger partial charge in [0.1, 0.15) is 0 Å². The van der Waals surface area contributed by atoms with Crippen LogP contribution in [0, 0.1) is 5.41 Å². The number of carbonyl (C=O) groups excluding carboxylic acids is 1. The smallest absolute Gasteiger partial charge is 0.303 e. The van der Waals surface area contributed by atoms with E-state index >= 15 is 0 Å². The molecule has 5 heteroatoms. The van der Waals surface area contributed by atoms with Gasteiger partial charge >= 0.3 is 5.97 Å². The highest BCUT2D eigenvalue weighted by molar-refractivity contribution is 5.80. The Morgan fingerprint density at radius 1 is 1.21 bits per heavy atom. The van der Waals surface area contributed by atoms with Gasteiger partial charge < -0.3 is 14.7 Å². The van der Waals surface area contributed by atoms with Gasteiger partial charge in [0.15, 0.2) is 0 Å². The molecule has 0 aromatic rings. The van der Waals surface area contributed by atoms with Gasteiger partial charge in [-0.15, -0.1) is 0 Å². The number of rotatable bonds is 3. The van der Waals surface area contributed by atoms with Crippen molar-refractivity contribution in [2.75, 3.05) is 26.3 Å². The first-order valence-corrected chi connectivity index (χ1v) is 6.84. The second kappa shape index (κ2) is 6.19. The lowest BCUT2D eigenvalue weighted by Gasteiger charge is -2.40. The Hall–Kier alpha value is -1.36. The van der Waals surface area contributed by atoms with Gasteiger partial charge in [-0.1, -0.05) is 12.2 Å². The molecule has 0 aliphatic carbocycles. The minimum absolute atomic E-state index is 0.0395. The summed E-state index contributed by atoms with van der Waals surface area (Å²) in [7, 11) is 0. The molecular weight excluding hydrogens is 246 g/mol. The van der Waals surface area contributed by atoms with Crippen molar-refractivity contribution < 1.29 is 19.4 Å². The van der Waals surface area contributed by atoms with E-state index < -0.39 is 5.97 Å². The number of allylic oxidation sites excluding steroid dienone is 1. The average molecular weight is 267 g/mol. The Morgan fingerprint density at radius 2 is 1.95 bits per heavy atom. The first kappa shape index (κ1) is 14.1. The third kappa shape index (κ3) is 3.80. The van der Waals surface area contributed by atoms with Crippen LogP contribution in [0.2, 0.25) is 0 Å². The molecule has 0 aromatic carbocycles. The molecule has 2 rings (SSSR count). The zero-order valence-corrected chi connectivity index (χ0v) is 11.1. The first-order valence-electron chi connectivity index (χ1n) is 6.84. The molecule has 0 radical (unpaired) electrons. The number of carbonyl (C=O) groups is 2. The summed E-state index contributed by atoms with van der Waals surface area (Å²) in [6.45, 7) is 2.88. The second-order valence-electron chi connectivity index (χ2n) is 5.47. The lowest BCUT2D eigenvalue weighted by molar-refractivity contribution is -0.142. The van der Waals surface area contributed by atoms with Gasteiger partial charge in [0.05, 0.1) is 19.6 Å². The number of ether oxygens (including phenoxy) is 1. The number of likely N-dealkylation sites (tertiary alicyclic amines) is 1. The molecule has 1 saturated heterocycles. The molecule has 5 nitrogen and oxygen atoms in total. The Bertz CT molecular complexity index is 370. The van der Waals surface area contributed by atoms with Crippen LogP contribution >= 0.6 is 0 Å². The normalized spacial score (nSPS) is 22.2. The van der Waals surface area contributed by atoms with Gasteiger partial charge in [-0.3, -0.25) is 9.59 Å². The van der Waals surface area contributed by atoms with Crippen LogP contribution in [0.15, 0.2) is 12.2 Å². The SMILES string of the molecule is O=C(O)CCC(=O)N1CCC2(CC=CCOC2)CC1. The van der Waals surface area contributed by atoms with Crippen LogP contribution in [0.5, 0.6) is 0 Å². The molecule has 2 aliphatic heterocycles. The predicted molar refractivity (Wildman–Crippen MR) is 69.7 cm³/mol. The third-order valence-electron chi connectivity index (χ3n) is 4.07. The molecule has 1 N–H and O–H groups in total. The second-order valence-corrected chi connectivity index (χ2v) is 5.47. The maximum absolute atomic E-state index is 11.9. The molecule has 1 amide bonds. The largest absolute Gasteiger partial charge is 0.481 e. The summed E-state index contributed by atoms with van der Waals surface area (Å²) in [6, 6.07) is 0. The molecule has 0 atom stereocenters. The summed E-state index contributed by atoms with van der Waals surface area (Å²) in [5.41, 5.74) is 0.177. The molecule has 0 unspecified atom stereocenters. The molecule has 19 heavy (non-hydrogen) atoms. The van der Waals surface area contributed by atoms with Gasteiger partial charge in [-0.25, -0.2) is 0 Å². The lowest BCUT2D eigenvalue weighted by atomic mass is 9.76. The fraction of sp³-hybridized carbons (Fsp3) is 0.714. The number of carboxylic acid groups (broad SMARTS) is 1.